The molecule has 1 aromatic carbocycles. The fourth-order valence-corrected chi connectivity index (χ4v) is 4.47. The smallest absolute Gasteiger partial charge is 0.350 e. The maximum atomic E-state index is 12.6. The predicted octanol–water partition coefficient (Wildman–Crippen LogP) is 4.24. The molecule has 8 heteroatoms. The van der Waals surface area contributed by atoms with Crippen molar-refractivity contribution in [3.05, 3.63) is 43.7 Å². The summed E-state index contributed by atoms with van der Waals surface area (Å²) >= 11 is 3.34. The fourth-order valence-electron chi connectivity index (χ4n) is 1.90. The highest BCUT2D eigenvalue weighted by Crippen LogP contribution is 2.36. The van der Waals surface area contributed by atoms with E-state index in [9.17, 15) is 13.2 Å². The number of thiophene rings is 1. The Morgan fingerprint density at radius 3 is 2.29 bits per heavy atom. The quantitative estimate of drug-likeness (QED) is 0.526. The summed E-state index contributed by atoms with van der Waals surface area (Å²) in [6, 6.07) is 8.17. The highest BCUT2D eigenvalue weighted by Gasteiger charge is 2.26. The average Bonchev–Trinajstić information content (AvgIpc) is 2.90. The molecule has 5 nitrogen and oxygen atoms in total. The molecule has 0 unspecified atom stereocenters. The molecular weight excluding hydrogens is 461 g/mol. The number of halogens is 1. The van der Waals surface area contributed by atoms with Crippen LogP contribution in [0.1, 0.15) is 35.3 Å². The molecule has 0 saturated carbocycles. The van der Waals surface area contributed by atoms with Gasteiger partial charge < -0.3 is 4.74 Å². The van der Waals surface area contributed by atoms with Gasteiger partial charge in [0.25, 0.3) is 10.0 Å². The van der Waals surface area contributed by atoms with Crippen molar-refractivity contribution in [1.82, 2.24) is 0 Å². The Morgan fingerprint density at radius 2 is 1.79 bits per heavy atom. The molecule has 0 aliphatic rings. The third-order valence-electron chi connectivity index (χ3n) is 3.21. The first kappa shape index (κ1) is 19.2. The van der Waals surface area contributed by atoms with Crippen molar-refractivity contribution in [1.29, 1.82) is 0 Å². The number of sulfonamides is 1. The van der Waals surface area contributed by atoms with Crippen LogP contribution in [0.3, 0.4) is 0 Å². The molecular formula is C16H18INO4S2. The van der Waals surface area contributed by atoms with Gasteiger partial charge in [0.2, 0.25) is 0 Å². The lowest BCUT2D eigenvalue weighted by atomic mass is 9.95. The van der Waals surface area contributed by atoms with E-state index in [1.807, 2.05) is 20.8 Å². The Morgan fingerprint density at radius 1 is 1.21 bits per heavy atom. The molecule has 0 aliphatic heterocycles. The molecule has 2 rings (SSSR count). The lowest BCUT2D eigenvalue weighted by Gasteiger charge is -2.15. The molecule has 0 saturated heterocycles. The lowest BCUT2D eigenvalue weighted by Crippen LogP contribution is -2.15. The van der Waals surface area contributed by atoms with E-state index in [-0.39, 0.29) is 20.9 Å². The number of benzene rings is 1. The standard InChI is InChI=1S/C16H18INO4S2/c1-16(2,3)13-9-12(14(23-13)15(19)22-4)18-24(20,21)11-7-5-10(17)6-8-11/h5-9,18H,1-4H3. The van der Waals surface area contributed by atoms with E-state index >= 15 is 0 Å². The highest BCUT2D eigenvalue weighted by atomic mass is 127. The molecule has 2 aromatic rings. The maximum Gasteiger partial charge on any atom is 0.350 e. The van der Waals surface area contributed by atoms with Gasteiger partial charge >= 0.3 is 5.97 Å². The molecule has 1 N–H and O–H groups in total. The van der Waals surface area contributed by atoms with Crippen molar-refractivity contribution in [2.75, 3.05) is 11.8 Å². The van der Waals surface area contributed by atoms with E-state index in [1.54, 1.807) is 18.2 Å². The van der Waals surface area contributed by atoms with E-state index in [1.165, 1.54) is 30.6 Å². The largest absolute Gasteiger partial charge is 0.465 e. The number of rotatable bonds is 4. The van der Waals surface area contributed by atoms with Crippen LogP contribution in [0.15, 0.2) is 35.2 Å². The van der Waals surface area contributed by atoms with Crippen LogP contribution >= 0.6 is 33.9 Å². The van der Waals surface area contributed by atoms with Crippen molar-refractivity contribution in [3.63, 3.8) is 0 Å². The lowest BCUT2D eigenvalue weighted by molar-refractivity contribution is 0.0607. The summed E-state index contributed by atoms with van der Waals surface area (Å²) in [5, 5.41) is 0. The monoisotopic (exact) mass is 479 g/mol. The Bertz CT molecular complexity index is 849. The summed E-state index contributed by atoms with van der Waals surface area (Å²) in [5.41, 5.74) is 0.0373. The number of anilines is 1. The van der Waals surface area contributed by atoms with Gasteiger partial charge in [-0.25, -0.2) is 13.2 Å². The first-order chi connectivity index (χ1) is 11.0. The van der Waals surface area contributed by atoms with E-state index in [0.717, 1.165) is 8.45 Å². The van der Waals surface area contributed by atoms with Gasteiger partial charge in [0.1, 0.15) is 4.88 Å². The third kappa shape index (κ3) is 4.28. The second-order valence-electron chi connectivity index (χ2n) is 6.15. The second-order valence-corrected chi connectivity index (χ2v) is 10.1. The van der Waals surface area contributed by atoms with Gasteiger partial charge in [-0.15, -0.1) is 11.3 Å². The van der Waals surface area contributed by atoms with Crippen LogP contribution < -0.4 is 4.72 Å². The third-order valence-corrected chi connectivity index (χ3v) is 6.85. The molecule has 1 heterocycles. The Balaban J connectivity index is 2.46. The number of carbonyl (C=O) groups is 1. The van der Waals surface area contributed by atoms with E-state index in [2.05, 4.69) is 27.3 Å². The summed E-state index contributed by atoms with van der Waals surface area (Å²) < 4.78 is 33.4. The van der Waals surface area contributed by atoms with Crippen molar-refractivity contribution in [3.8, 4) is 0 Å². The van der Waals surface area contributed by atoms with Gasteiger partial charge in [0.05, 0.1) is 17.7 Å². The zero-order valence-corrected chi connectivity index (χ0v) is 17.5. The minimum atomic E-state index is -3.78. The Hall–Kier alpha value is -1.13. The molecule has 0 atom stereocenters. The second kappa shape index (κ2) is 7.01. The summed E-state index contributed by atoms with van der Waals surface area (Å²) in [7, 11) is -2.51. The zero-order chi connectivity index (χ0) is 18.1. The molecule has 130 valence electrons. The summed E-state index contributed by atoms with van der Waals surface area (Å²) in [4.78, 5) is 13.3. The van der Waals surface area contributed by atoms with Gasteiger partial charge in [-0.05, 0) is 58.3 Å². The van der Waals surface area contributed by atoms with E-state index in [0.29, 0.717) is 0 Å². The molecule has 1 aromatic heterocycles. The topological polar surface area (TPSA) is 72.5 Å². The normalized spacial score (nSPS) is 12.0. The predicted molar refractivity (Wildman–Crippen MR) is 104 cm³/mol. The summed E-state index contributed by atoms with van der Waals surface area (Å²) in [6.45, 7) is 5.99. The van der Waals surface area contributed by atoms with Crippen LogP contribution in [-0.2, 0) is 20.2 Å². The number of methoxy groups -OCH3 is 1. The van der Waals surface area contributed by atoms with Gasteiger partial charge in [0.15, 0.2) is 0 Å². The minimum absolute atomic E-state index is 0.141. The Kier molecular flexibility index (Phi) is 5.61. The van der Waals surface area contributed by atoms with Crippen molar-refractivity contribution in [2.24, 2.45) is 0 Å². The van der Waals surface area contributed by atoms with Crippen LogP contribution in [0.5, 0.6) is 0 Å². The van der Waals surface area contributed by atoms with Crippen molar-refractivity contribution in [2.45, 2.75) is 31.1 Å². The number of carbonyl (C=O) groups excluding carboxylic acids is 1. The molecule has 0 spiro atoms. The molecule has 0 aliphatic carbocycles. The van der Waals surface area contributed by atoms with E-state index < -0.39 is 16.0 Å². The van der Waals surface area contributed by atoms with Crippen molar-refractivity contribution >= 4 is 55.6 Å². The summed E-state index contributed by atoms with van der Waals surface area (Å²) in [6.07, 6.45) is 0. The molecule has 0 radical (unpaired) electrons. The van der Waals surface area contributed by atoms with Gasteiger partial charge in [-0.1, -0.05) is 20.8 Å². The van der Waals surface area contributed by atoms with Crippen LogP contribution in [-0.4, -0.2) is 21.5 Å². The van der Waals surface area contributed by atoms with Gasteiger partial charge in [-0.3, -0.25) is 4.72 Å². The highest BCUT2D eigenvalue weighted by molar-refractivity contribution is 14.1. The zero-order valence-electron chi connectivity index (χ0n) is 13.7. The molecule has 0 fully saturated rings. The SMILES string of the molecule is COC(=O)c1sc(C(C)(C)C)cc1NS(=O)(=O)c1ccc(I)cc1. The van der Waals surface area contributed by atoms with Crippen LogP contribution in [0.2, 0.25) is 0 Å². The molecule has 0 bridgehead atoms. The minimum Gasteiger partial charge on any atom is -0.465 e. The van der Waals surface area contributed by atoms with Crippen LogP contribution in [0, 0.1) is 3.57 Å². The maximum absolute atomic E-state index is 12.6. The molecule has 24 heavy (non-hydrogen) atoms. The number of ether oxygens (including phenoxy) is 1. The van der Waals surface area contributed by atoms with E-state index in [4.69, 9.17) is 4.74 Å². The Labute approximate surface area is 159 Å². The summed E-state index contributed by atoms with van der Waals surface area (Å²) in [5.74, 6) is -0.559. The number of nitrogens with one attached hydrogen (secondary N) is 1. The first-order valence-corrected chi connectivity index (χ1v) is 10.4. The van der Waals surface area contributed by atoms with Gasteiger partial charge in [-0.2, -0.15) is 0 Å². The van der Waals surface area contributed by atoms with Crippen LogP contribution in [0.4, 0.5) is 5.69 Å². The number of hydrogen-bond donors (Lipinski definition) is 1. The molecule has 0 amide bonds. The number of hydrogen-bond acceptors (Lipinski definition) is 5. The number of esters is 1. The first-order valence-electron chi connectivity index (χ1n) is 7.05. The fraction of sp³-hybridized carbons (Fsp3) is 0.312. The average molecular weight is 479 g/mol. The van der Waals surface area contributed by atoms with Gasteiger partial charge in [0, 0.05) is 8.45 Å². The van der Waals surface area contributed by atoms with Crippen LogP contribution in [0.25, 0.3) is 0 Å². The van der Waals surface area contributed by atoms with Crippen molar-refractivity contribution < 1.29 is 17.9 Å².